The molecule has 2 aromatic rings. The molecular weight excluding hydrogens is 214 g/mol. The molecule has 0 unspecified atom stereocenters. The van der Waals surface area contributed by atoms with Gasteiger partial charge in [0.2, 0.25) is 0 Å². The molecule has 1 N–H and O–H groups in total. The summed E-state index contributed by atoms with van der Waals surface area (Å²) in [4.78, 5) is 0. The van der Waals surface area contributed by atoms with E-state index in [-0.39, 0.29) is 0 Å². The maximum absolute atomic E-state index is 5.17. The van der Waals surface area contributed by atoms with Crippen LogP contribution in [0.25, 0.3) is 0 Å². The number of nitrogens with one attached hydrogen (secondary N) is 1. The van der Waals surface area contributed by atoms with E-state index in [4.69, 9.17) is 4.74 Å². The Bertz CT molecular complexity index is 479. The second-order valence-corrected chi connectivity index (χ2v) is 3.85. The molecular formula is C13H17N3O. The summed E-state index contributed by atoms with van der Waals surface area (Å²) in [6.07, 6.45) is 2.77. The zero-order valence-corrected chi connectivity index (χ0v) is 10.2. The number of rotatable bonds is 5. The highest BCUT2D eigenvalue weighted by molar-refractivity contribution is 5.48. The van der Waals surface area contributed by atoms with Gasteiger partial charge in [0.25, 0.3) is 0 Å². The monoisotopic (exact) mass is 231 g/mol. The molecule has 0 aliphatic rings. The first-order valence-electron chi connectivity index (χ1n) is 5.64. The number of hydrogen-bond donors (Lipinski definition) is 1. The van der Waals surface area contributed by atoms with Crippen LogP contribution in [0.1, 0.15) is 5.69 Å². The number of nitrogens with zero attached hydrogens (tertiary/aromatic N) is 2. The average molecular weight is 231 g/mol. The largest absolute Gasteiger partial charge is 0.497 e. The zero-order chi connectivity index (χ0) is 12.1. The lowest BCUT2D eigenvalue weighted by Gasteiger charge is -2.08. The van der Waals surface area contributed by atoms with E-state index >= 15 is 0 Å². The fraction of sp³-hybridized carbons (Fsp3) is 0.308. The smallest absolute Gasteiger partial charge is 0.120 e. The summed E-state index contributed by atoms with van der Waals surface area (Å²) in [5.74, 6) is 0.871. The lowest BCUT2D eigenvalue weighted by Crippen LogP contribution is -2.08. The van der Waals surface area contributed by atoms with Crippen LogP contribution in [0.15, 0.2) is 36.5 Å². The van der Waals surface area contributed by atoms with Gasteiger partial charge in [0, 0.05) is 43.7 Å². The fourth-order valence-electron chi connectivity index (χ4n) is 1.71. The van der Waals surface area contributed by atoms with E-state index < -0.39 is 0 Å². The number of aryl methyl sites for hydroxylation is 1. The molecule has 0 amide bonds. The first-order chi connectivity index (χ1) is 8.29. The van der Waals surface area contributed by atoms with Crippen LogP contribution in [-0.4, -0.2) is 23.4 Å². The van der Waals surface area contributed by atoms with Gasteiger partial charge in [-0.05, 0) is 18.2 Å². The lowest BCUT2D eigenvalue weighted by atomic mass is 10.2. The third kappa shape index (κ3) is 3.00. The van der Waals surface area contributed by atoms with Crippen molar-refractivity contribution in [2.24, 2.45) is 7.05 Å². The van der Waals surface area contributed by atoms with E-state index in [1.807, 2.05) is 48.3 Å². The number of anilines is 1. The highest BCUT2D eigenvalue weighted by atomic mass is 16.5. The van der Waals surface area contributed by atoms with Gasteiger partial charge in [-0.1, -0.05) is 6.07 Å². The molecule has 90 valence electrons. The van der Waals surface area contributed by atoms with Crippen molar-refractivity contribution in [2.45, 2.75) is 6.42 Å². The fourth-order valence-corrected chi connectivity index (χ4v) is 1.71. The van der Waals surface area contributed by atoms with Crippen molar-refractivity contribution >= 4 is 5.69 Å². The molecule has 0 radical (unpaired) electrons. The minimum Gasteiger partial charge on any atom is -0.497 e. The summed E-state index contributed by atoms with van der Waals surface area (Å²) in [6, 6.07) is 9.97. The van der Waals surface area contributed by atoms with E-state index in [0.717, 1.165) is 24.4 Å². The molecule has 4 nitrogen and oxygen atoms in total. The Kier molecular flexibility index (Phi) is 3.65. The highest BCUT2D eigenvalue weighted by Gasteiger charge is 1.99. The molecule has 2 rings (SSSR count). The third-order valence-electron chi connectivity index (χ3n) is 2.70. The number of hydrogen-bond acceptors (Lipinski definition) is 3. The normalized spacial score (nSPS) is 10.2. The topological polar surface area (TPSA) is 39.1 Å². The molecule has 0 bridgehead atoms. The van der Waals surface area contributed by atoms with Crippen molar-refractivity contribution in [3.8, 4) is 5.75 Å². The molecule has 1 heterocycles. The molecule has 0 spiro atoms. The molecule has 0 fully saturated rings. The number of benzene rings is 1. The van der Waals surface area contributed by atoms with E-state index in [1.165, 1.54) is 5.69 Å². The average Bonchev–Trinajstić information content (AvgIpc) is 2.76. The summed E-state index contributed by atoms with van der Waals surface area (Å²) in [6.45, 7) is 0.882. The van der Waals surface area contributed by atoms with Crippen molar-refractivity contribution in [1.29, 1.82) is 0 Å². The number of aromatic nitrogens is 2. The van der Waals surface area contributed by atoms with E-state index in [9.17, 15) is 0 Å². The second-order valence-electron chi connectivity index (χ2n) is 3.85. The predicted molar refractivity (Wildman–Crippen MR) is 68.4 cm³/mol. The maximum atomic E-state index is 5.17. The predicted octanol–water partition coefficient (Wildman–Crippen LogP) is 2.08. The first-order valence-corrected chi connectivity index (χ1v) is 5.64. The van der Waals surface area contributed by atoms with Crippen LogP contribution >= 0.6 is 0 Å². The summed E-state index contributed by atoms with van der Waals surface area (Å²) in [7, 11) is 3.63. The van der Waals surface area contributed by atoms with Crippen LogP contribution in [0.2, 0.25) is 0 Å². The first kappa shape index (κ1) is 11.5. The SMILES string of the molecule is COc1cccc(NCCc2ccnn2C)c1. The summed E-state index contributed by atoms with van der Waals surface area (Å²) < 4.78 is 7.07. The number of methoxy groups -OCH3 is 1. The third-order valence-corrected chi connectivity index (χ3v) is 2.70. The van der Waals surface area contributed by atoms with Crippen molar-refractivity contribution in [3.63, 3.8) is 0 Å². The molecule has 1 aromatic carbocycles. The van der Waals surface area contributed by atoms with Crippen molar-refractivity contribution < 1.29 is 4.74 Å². The Morgan fingerprint density at radius 1 is 1.35 bits per heavy atom. The zero-order valence-electron chi connectivity index (χ0n) is 10.2. The van der Waals surface area contributed by atoms with Crippen LogP contribution in [0.4, 0.5) is 5.69 Å². The molecule has 0 aliphatic carbocycles. The van der Waals surface area contributed by atoms with Gasteiger partial charge in [-0.3, -0.25) is 4.68 Å². The Hall–Kier alpha value is -1.97. The van der Waals surface area contributed by atoms with Crippen LogP contribution in [0.3, 0.4) is 0 Å². The lowest BCUT2D eigenvalue weighted by molar-refractivity contribution is 0.415. The van der Waals surface area contributed by atoms with Gasteiger partial charge in [-0.2, -0.15) is 5.10 Å². The standard InChI is InChI=1S/C13H17N3O/c1-16-12(7-9-15-16)6-8-14-11-4-3-5-13(10-11)17-2/h3-5,7,9-10,14H,6,8H2,1-2H3. The molecule has 0 saturated heterocycles. The maximum Gasteiger partial charge on any atom is 0.120 e. The van der Waals surface area contributed by atoms with Gasteiger partial charge < -0.3 is 10.1 Å². The minimum absolute atomic E-state index is 0.871. The molecule has 1 aromatic heterocycles. The Balaban J connectivity index is 1.87. The van der Waals surface area contributed by atoms with E-state index in [2.05, 4.69) is 10.4 Å². The minimum atomic E-state index is 0.871. The summed E-state index contributed by atoms with van der Waals surface area (Å²) in [5, 5.41) is 7.50. The van der Waals surface area contributed by atoms with E-state index in [1.54, 1.807) is 7.11 Å². The Morgan fingerprint density at radius 2 is 2.24 bits per heavy atom. The van der Waals surface area contributed by atoms with Gasteiger partial charge in [-0.25, -0.2) is 0 Å². The Labute approximate surface area is 101 Å². The van der Waals surface area contributed by atoms with Crippen LogP contribution in [0.5, 0.6) is 5.75 Å². The van der Waals surface area contributed by atoms with E-state index in [0.29, 0.717) is 0 Å². The van der Waals surface area contributed by atoms with Crippen molar-refractivity contribution in [2.75, 3.05) is 19.0 Å². The molecule has 0 aliphatic heterocycles. The van der Waals surface area contributed by atoms with Crippen LogP contribution in [0, 0.1) is 0 Å². The van der Waals surface area contributed by atoms with Gasteiger partial charge in [0.1, 0.15) is 5.75 Å². The quantitative estimate of drug-likeness (QED) is 0.856. The van der Waals surface area contributed by atoms with Crippen LogP contribution in [-0.2, 0) is 13.5 Å². The summed E-state index contributed by atoms with van der Waals surface area (Å²) >= 11 is 0. The summed E-state index contributed by atoms with van der Waals surface area (Å²) in [5.41, 5.74) is 2.30. The molecule has 4 heteroatoms. The van der Waals surface area contributed by atoms with Crippen LogP contribution < -0.4 is 10.1 Å². The molecule has 17 heavy (non-hydrogen) atoms. The highest BCUT2D eigenvalue weighted by Crippen LogP contribution is 2.16. The van der Waals surface area contributed by atoms with Gasteiger partial charge in [0.05, 0.1) is 7.11 Å². The Morgan fingerprint density at radius 3 is 2.94 bits per heavy atom. The molecule has 0 atom stereocenters. The van der Waals surface area contributed by atoms with Crippen molar-refractivity contribution in [3.05, 3.63) is 42.2 Å². The van der Waals surface area contributed by atoms with Gasteiger partial charge >= 0.3 is 0 Å². The van der Waals surface area contributed by atoms with Gasteiger partial charge in [-0.15, -0.1) is 0 Å². The van der Waals surface area contributed by atoms with Crippen molar-refractivity contribution in [1.82, 2.24) is 9.78 Å². The second kappa shape index (κ2) is 5.39. The number of ether oxygens (including phenoxy) is 1. The molecule has 0 saturated carbocycles. The van der Waals surface area contributed by atoms with Gasteiger partial charge in [0.15, 0.2) is 0 Å².